The first kappa shape index (κ1) is 23.1. The van der Waals surface area contributed by atoms with E-state index < -0.39 is 5.97 Å². The van der Waals surface area contributed by atoms with Crippen LogP contribution in [0.1, 0.15) is 62.7 Å². The molecule has 0 fully saturated rings. The zero-order valence-electron chi connectivity index (χ0n) is 16.4. The number of aliphatic carboxylic acids is 1. The molecule has 6 nitrogen and oxygen atoms in total. The van der Waals surface area contributed by atoms with E-state index in [1.165, 1.54) is 11.3 Å². The van der Waals surface area contributed by atoms with Crippen molar-refractivity contribution in [1.82, 2.24) is 4.57 Å². The van der Waals surface area contributed by atoms with Crippen molar-refractivity contribution in [3.8, 4) is 11.6 Å². The van der Waals surface area contributed by atoms with Crippen LogP contribution in [0.2, 0.25) is 0 Å². The van der Waals surface area contributed by atoms with Crippen molar-refractivity contribution in [3.05, 3.63) is 33.1 Å². The van der Waals surface area contributed by atoms with Crippen LogP contribution in [0, 0.1) is 3.95 Å². The summed E-state index contributed by atoms with van der Waals surface area (Å²) in [6.07, 6.45) is 10.1. The van der Waals surface area contributed by atoms with Crippen molar-refractivity contribution in [2.75, 3.05) is 0 Å². The monoisotopic (exact) mass is 436 g/mol. The minimum Gasteiger partial charge on any atom is -0.508 e. The number of aliphatic imine (C=N–C) groups is 1. The van der Waals surface area contributed by atoms with Gasteiger partial charge in [-0.3, -0.25) is 14.4 Å². The first-order valence-corrected chi connectivity index (χ1v) is 11.2. The van der Waals surface area contributed by atoms with E-state index in [4.69, 9.17) is 17.3 Å². The van der Waals surface area contributed by atoms with Gasteiger partial charge in [0.05, 0.1) is 11.9 Å². The van der Waals surface area contributed by atoms with E-state index in [2.05, 4.69) is 4.99 Å². The number of carbonyl (C=O) groups is 1. The number of unbranched alkanes of at least 4 members (excludes halogenated alkanes) is 7. The van der Waals surface area contributed by atoms with Gasteiger partial charge in [0.1, 0.15) is 10.6 Å². The Balaban J connectivity index is 1.71. The van der Waals surface area contributed by atoms with Crippen molar-refractivity contribution in [3.63, 3.8) is 0 Å². The second-order valence-corrected chi connectivity index (χ2v) is 8.63. The number of hydrogen-bond donors (Lipinski definition) is 3. The van der Waals surface area contributed by atoms with Crippen LogP contribution in [0.3, 0.4) is 0 Å². The molecule has 158 valence electrons. The van der Waals surface area contributed by atoms with Gasteiger partial charge in [-0.2, -0.15) is 0 Å². The molecular weight excluding hydrogens is 408 g/mol. The molecule has 0 spiro atoms. The normalized spacial score (nSPS) is 11.3. The van der Waals surface area contributed by atoms with Gasteiger partial charge >= 0.3 is 5.97 Å². The fraction of sp³-hybridized carbons (Fsp3) is 0.476. The topological polar surface area (TPSA) is 95.0 Å². The van der Waals surface area contributed by atoms with E-state index in [1.807, 2.05) is 0 Å². The van der Waals surface area contributed by atoms with Gasteiger partial charge in [-0.05, 0) is 37.2 Å². The highest BCUT2D eigenvalue weighted by Gasteiger charge is 2.10. The second kappa shape index (κ2) is 12.4. The van der Waals surface area contributed by atoms with Crippen molar-refractivity contribution >= 4 is 41.4 Å². The van der Waals surface area contributed by atoms with Gasteiger partial charge in [0.2, 0.25) is 5.88 Å². The van der Waals surface area contributed by atoms with E-state index >= 15 is 0 Å². The third kappa shape index (κ3) is 8.37. The maximum absolute atomic E-state index is 10.4. The number of hydrogen-bond acceptors (Lipinski definition) is 6. The van der Waals surface area contributed by atoms with Gasteiger partial charge in [0, 0.05) is 19.0 Å². The molecule has 3 N–H and O–H groups in total. The number of phenols is 1. The summed E-state index contributed by atoms with van der Waals surface area (Å²) >= 11 is 6.69. The summed E-state index contributed by atoms with van der Waals surface area (Å²) in [4.78, 5) is 15.3. The maximum atomic E-state index is 10.4. The second-order valence-electron chi connectivity index (χ2n) is 6.96. The van der Waals surface area contributed by atoms with Crippen molar-refractivity contribution in [1.29, 1.82) is 0 Å². The molecule has 0 atom stereocenters. The van der Waals surface area contributed by atoms with E-state index in [1.54, 1.807) is 35.0 Å². The van der Waals surface area contributed by atoms with Crippen LogP contribution < -0.4 is 0 Å². The summed E-state index contributed by atoms with van der Waals surface area (Å²) in [5.41, 5.74) is 0.609. The van der Waals surface area contributed by atoms with Crippen molar-refractivity contribution in [2.24, 2.45) is 4.99 Å². The number of aromatic nitrogens is 1. The molecule has 0 saturated heterocycles. The molecule has 2 rings (SSSR count). The van der Waals surface area contributed by atoms with Crippen LogP contribution >= 0.6 is 23.6 Å². The number of benzene rings is 1. The molecule has 0 bridgehead atoms. The van der Waals surface area contributed by atoms with Crippen LogP contribution in [0.4, 0.5) is 5.69 Å². The van der Waals surface area contributed by atoms with Crippen molar-refractivity contribution in [2.45, 2.75) is 64.3 Å². The first-order valence-electron chi connectivity index (χ1n) is 9.95. The third-order valence-corrected chi connectivity index (χ3v) is 5.95. The summed E-state index contributed by atoms with van der Waals surface area (Å²) in [6.45, 7) is 0.680. The number of nitrogens with zero attached hydrogens (tertiary/aromatic N) is 2. The summed E-state index contributed by atoms with van der Waals surface area (Å²) < 4.78 is 2.37. The summed E-state index contributed by atoms with van der Waals surface area (Å²) in [6, 6.07) is 6.62. The van der Waals surface area contributed by atoms with Gasteiger partial charge < -0.3 is 15.3 Å². The van der Waals surface area contributed by atoms with Gasteiger partial charge in [-0.25, -0.2) is 0 Å². The predicted octanol–water partition coefficient (Wildman–Crippen LogP) is 6.04. The summed E-state index contributed by atoms with van der Waals surface area (Å²) in [5.74, 6) is -0.425. The Hall–Kier alpha value is -2.19. The van der Waals surface area contributed by atoms with E-state index in [0.29, 0.717) is 21.1 Å². The van der Waals surface area contributed by atoms with Crippen molar-refractivity contribution < 1.29 is 20.1 Å². The summed E-state index contributed by atoms with van der Waals surface area (Å²) in [5, 5.41) is 28.5. The fourth-order valence-electron chi connectivity index (χ4n) is 3.01. The Morgan fingerprint density at radius 2 is 1.72 bits per heavy atom. The fourth-order valence-corrected chi connectivity index (χ4v) is 4.24. The first-order chi connectivity index (χ1) is 14.0. The lowest BCUT2D eigenvalue weighted by molar-refractivity contribution is -0.137. The highest BCUT2D eigenvalue weighted by Crippen LogP contribution is 2.26. The Kier molecular flexibility index (Phi) is 9.87. The average molecular weight is 437 g/mol. The SMILES string of the molecule is O=C(O)CCCCCCCCCCn1c(O)c(C=Nc2cccc(O)c2)sc1=S. The van der Waals surface area contributed by atoms with E-state index in [0.717, 1.165) is 51.4 Å². The molecular formula is C21H28N2O4S2. The van der Waals surface area contributed by atoms with E-state index in [9.17, 15) is 15.0 Å². The highest BCUT2D eigenvalue weighted by molar-refractivity contribution is 7.73. The predicted molar refractivity (Wildman–Crippen MR) is 119 cm³/mol. The molecule has 1 aromatic heterocycles. The smallest absolute Gasteiger partial charge is 0.303 e. The van der Waals surface area contributed by atoms with Gasteiger partial charge in [-0.15, -0.1) is 0 Å². The molecule has 0 aliphatic heterocycles. The molecule has 29 heavy (non-hydrogen) atoms. The number of carboxylic acid groups (broad SMARTS) is 1. The highest BCUT2D eigenvalue weighted by atomic mass is 32.1. The van der Waals surface area contributed by atoms with Crippen LogP contribution in [0.25, 0.3) is 0 Å². The number of phenolic OH excluding ortho intramolecular Hbond substituents is 1. The standard InChI is InChI=1S/C21H28N2O4S2/c24-17-11-9-10-16(14-17)22-15-18-20(27)23(21(28)29-18)13-8-6-4-2-1-3-5-7-12-19(25)26/h9-11,14-15,24,27H,1-8,12-13H2,(H,25,26). The molecule has 1 heterocycles. The molecule has 1 aromatic carbocycles. The van der Waals surface area contributed by atoms with Crippen LogP contribution in [-0.4, -0.2) is 32.1 Å². The Labute approximate surface area is 180 Å². The average Bonchev–Trinajstić information content (AvgIpc) is 2.95. The molecule has 0 amide bonds. The van der Waals surface area contributed by atoms with Gasteiger partial charge in [0.25, 0.3) is 0 Å². The number of rotatable bonds is 13. The molecule has 0 saturated carbocycles. The molecule has 2 aromatic rings. The molecule has 0 aliphatic carbocycles. The molecule has 0 aliphatic rings. The Bertz CT molecular complexity index is 874. The van der Waals surface area contributed by atoms with Gasteiger partial charge in [-0.1, -0.05) is 55.9 Å². The third-order valence-electron chi connectivity index (χ3n) is 4.58. The Morgan fingerprint density at radius 1 is 1.07 bits per heavy atom. The number of carboxylic acids is 1. The largest absolute Gasteiger partial charge is 0.508 e. The number of thiazole rings is 1. The van der Waals surface area contributed by atoms with Gasteiger partial charge in [0.15, 0.2) is 3.95 Å². The lowest BCUT2D eigenvalue weighted by Crippen LogP contribution is -1.97. The summed E-state index contributed by atoms with van der Waals surface area (Å²) in [7, 11) is 0. The zero-order chi connectivity index (χ0) is 21.1. The van der Waals surface area contributed by atoms with Crippen LogP contribution in [-0.2, 0) is 11.3 Å². The lowest BCUT2D eigenvalue weighted by Gasteiger charge is -2.05. The lowest BCUT2D eigenvalue weighted by atomic mass is 10.1. The Morgan fingerprint density at radius 3 is 2.38 bits per heavy atom. The quantitative estimate of drug-likeness (QED) is 0.202. The molecule has 0 unspecified atom stereocenters. The molecule has 8 heteroatoms. The maximum Gasteiger partial charge on any atom is 0.303 e. The van der Waals surface area contributed by atoms with E-state index in [-0.39, 0.29) is 18.1 Å². The molecule has 0 radical (unpaired) electrons. The van der Waals surface area contributed by atoms with Crippen LogP contribution in [0.15, 0.2) is 29.3 Å². The minimum absolute atomic E-state index is 0.141. The van der Waals surface area contributed by atoms with Crippen LogP contribution in [0.5, 0.6) is 11.6 Å². The zero-order valence-corrected chi connectivity index (χ0v) is 18.1. The minimum atomic E-state index is -0.714. The number of aromatic hydroxyl groups is 2.